The number of benzene rings is 8. The lowest BCUT2D eigenvalue weighted by molar-refractivity contribution is -0.280. The highest BCUT2D eigenvalue weighted by Gasteiger charge is 2.55. The van der Waals surface area contributed by atoms with Crippen molar-refractivity contribution in [3.63, 3.8) is 0 Å². The van der Waals surface area contributed by atoms with Gasteiger partial charge in [0.15, 0.2) is 0 Å². The first-order valence-corrected chi connectivity index (χ1v) is 28.4. The van der Waals surface area contributed by atoms with Crippen LogP contribution in [0.1, 0.15) is 44.5 Å². The van der Waals surface area contributed by atoms with Gasteiger partial charge in [-0.2, -0.15) is 0 Å². The van der Waals surface area contributed by atoms with Crippen molar-refractivity contribution in [3.05, 3.63) is 300 Å². The summed E-state index contributed by atoms with van der Waals surface area (Å²) in [5, 5.41) is 34.6. The molecule has 0 heterocycles. The van der Waals surface area contributed by atoms with Gasteiger partial charge in [-0.3, -0.25) is 0 Å². The summed E-state index contributed by atoms with van der Waals surface area (Å²) in [4.78, 5) is 0. The van der Waals surface area contributed by atoms with E-state index in [1.807, 2.05) is 243 Å². The van der Waals surface area contributed by atoms with Gasteiger partial charge < -0.3 is 58.0 Å². The van der Waals surface area contributed by atoms with Crippen molar-refractivity contribution in [1.82, 2.24) is 0 Å². The van der Waals surface area contributed by atoms with Crippen molar-refractivity contribution in [2.75, 3.05) is 6.61 Å². The summed E-state index contributed by atoms with van der Waals surface area (Å²) >= 11 is 0. The van der Waals surface area contributed by atoms with E-state index in [2.05, 4.69) is 6.58 Å². The molecule has 0 spiro atoms. The van der Waals surface area contributed by atoms with E-state index in [-0.39, 0.29) is 33.0 Å². The molecule has 0 aromatic heterocycles. The van der Waals surface area contributed by atoms with Crippen LogP contribution in [0.2, 0.25) is 0 Å². The van der Waals surface area contributed by atoms with Crippen LogP contribution in [0, 0.1) is 0 Å². The molecule has 2 aliphatic rings. The van der Waals surface area contributed by atoms with Gasteiger partial charge in [0.2, 0.25) is 0 Å². The Hall–Kier alpha value is -6.98. The molecule has 0 amide bonds. The molecule has 2 aliphatic carbocycles. The molecule has 0 radical (unpaired) electrons. The minimum atomic E-state index is -1.25. The van der Waals surface area contributed by atoms with Crippen molar-refractivity contribution in [1.29, 1.82) is 0 Å². The Bertz CT molecular complexity index is 2900. The fourth-order valence-electron chi connectivity index (χ4n) is 10.3. The fraction of sp³-hybridized carbons (Fsp3) is 0.296. The molecule has 0 bridgehead atoms. The Kier molecular flexibility index (Phi) is 23.9. The van der Waals surface area contributed by atoms with Gasteiger partial charge in [0, 0.05) is 0 Å². The predicted octanol–water partition coefficient (Wildman–Crippen LogP) is 11.3. The summed E-state index contributed by atoms with van der Waals surface area (Å²) in [6.07, 6.45) is -8.46. The van der Waals surface area contributed by atoms with Gasteiger partial charge in [0.1, 0.15) is 73.2 Å². The Morgan fingerprint density at radius 2 is 0.386 bits per heavy atom. The molecule has 2 saturated carbocycles. The monoisotopic (exact) mass is 1120 g/mol. The number of aliphatic hydroxyl groups is 3. The quantitative estimate of drug-likeness (QED) is 0.0422. The first-order valence-electron chi connectivity index (χ1n) is 28.4. The number of rotatable bonds is 27. The molecule has 432 valence electrons. The maximum Gasteiger partial charge on any atom is 0.116 e. The zero-order valence-corrected chi connectivity index (χ0v) is 46.7. The van der Waals surface area contributed by atoms with Crippen LogP contribution in [-0.4, -0.2) is 95.2 Å². The molecule has 0 aliphatic heterocycles. The maximum absolute atomic E-state index is 11.9. The van der Waals surface area contributed by atoms with Crippen molar-refractivity contribution in [2.45, 2.75) is 126 Å². The van der Waals surface area contributed by atoms with Gasteiger partial charge in [-0.15, -0.1) is 6.58 Å². The molecular formula is C71H76O12. The molecule has 3 N–H and O–H groups in total. The largest absolute Gasteiger partial charge is 0.387 e. The number of aliphatic hydroxyl groups excluding tert-OH is 3. The molecule has 2 fully saturated rings. The van der Waals surface area contributed by atoms with E-state index in [0.29, 0.717) is 26.4 Å². The van der Waals surface area contributed by atoms with Crippen LogP contribution >= 0.6 is 0 Å². The lowest BCUT2D eigenvalue weighted by Crippen LogP contribution is -2.66. The topological polar surface area (TPSA) is 144 Å². The van der Waals surface area contributed by atoms with Crippen molar-refractivity contribution in [2.24, 2.45) is 0 Å². The Balaban J connectivity index is 0.000000200. The Labute approximate surface area is 488 Å². The molecule has 12 nitrogen and oxygen atoms in total. The van der Waals surface area contributed by atoms with Crippen molar-refractivity contribution < 1.29 is 58.0 Å². The smallest absolute Gasteiger partial charge is 0.116 e. The van der Waals surface area contributed by atoms with E-state index in [4.69, 9.17) is 42.6 Å². The first-order chi connectivity index (χ1) is 40.9. The molecule has 83 heavy (non-hydrogen) atoms. The third-order valence-corrected chi connectivity index (χ3v) is 14.7. The standard InChI is InChI=1S/C37H40O6.C34H36O6/c1-2-23-39-33-32(38)34(40-24-28-15-7-3-8-16-28)36(42-26-30-19-11-5-12-20-30)37(43-27-31-21-13-6-14-22-31)35(33)41-25-29-17-9-4-10-18-29;35-29-30(36)32(38-22-26-15-7-2-8-16-26)34(40-24-28-19-11-4-12-20-28)33(39-23-27-17-9-3-10-18-27)31(29)37-21-25-13-5-1-6-14-25/h2-22,32-38H,1,23-27H2;1-20,29-36H,21-24H2/t32-,33+,34-,35-,36+,37+;29-,30+,31-,32-,33+,34+/m11/s1. The fourth-order valence-corrected chi connectivity index (χ4v) is 10.3. The van der Waals surface area contributed by atoms with E-state index in [9.17, 15) is 15.3 Å². The van der Waals surface area contributed by atoms with E-state index >= 15 is 0 Å². The summed E-state index contributed by atoms with van der Waals surface area (Å²) in [5.41, 5.74) is 7.89. The molecule has 8 aromatic carbocycles. The second-order valence-electron chi connectivity index (χ2n) is 20.6. The van der Waals surface area contributed by atoms with Crippen LogP contribution in [0.4, 0.5) is 0 Å². The number of hydrogen-bond donors (Lipinski definition) is 3. The van der Waals surface area contributed by atoms with Crippen molar-refractivity contribution >= 4 is 0 Å². The minimum absolute atomic E-state index is 0.235. The molecule has 0 saturated heterocycles. The minimum Gasteiger partial charge on any atom is -0.387 e. The van der Waals surface area contributed by atoms with Crippen LogP contribution in [-0.2, 0) is 95.5 Å². The first kappa shape index (κ1) is 60.6. The average molecular weight is 1120 g/mol. The Morgan fingerprint density at radius 3 is 0.578 bits per heavy atom. The van der Waals surface area contributed by atoms with E-state index in [1.165, 1.54) is 0 Å². The summed E-state index contributed by atoms with van der Waals surface area (Å²) in [6.45, 7) is 6.40. The lowest BCUT2D eigenvalue weighted by Gasteiger charge is -2.48. The zero-order valence-electron chi connectivity index (χ0n) is 46.7. The SMILES string of the molecule is C=CCO[C@H]1[C@@H](O)[C@@H](OCc2ccccc2)[C@H](OCc2ccccc2)[C@@H](OCc2ccccc2)[C@@H]1OCc1ccccc1.O[C@@H]1[C@H](O)[C@@H](OCc2ccccc2)[C@H](OCc2ccccc2)[C@@H](OCc2ccccc2)[C@@H]1OCc1ccccc1. The van der Waals surface area contributed by atoms with E-state index in [1.54, 1.807) is 6.08 Å². The van der Waals surface area contributed by atoms with Crippen LogP contribution in [0.3, 0.4) is 0 Å². The zero-order chi connectivity index (χ0) is 57.3. The van der Waals surface area contributed by atoms with Crippen LogP contribution in [0.15, 0.2) is 255 Å². The van der Waals surface area contributed by atoms with Gasteiger partial charge in [-0.25, -0.2) is 0 Å². The van der Waals surface area contributed by atoms with Crippen LogP contribution in [0.5, 0.6) is 0 Å². The van der Waals surface area contributed by atoms with E-state index < -0.39 is 73.2 Å². The summed E-state index contributed by atoms with van der Waals surface area (Å²) in [7, 11) is 0. The second-order valence-corrected chi connectivity index (χ2v) is 20.6. The van der Waals surface area contributed by atoms with Gasteiger partial charge in [0.25, 0.3) is 0 Å². The van der Waals surface area contributed by atoms with Crippen molar-refractivity contribution in [3.8, 4) is 0 Å². The normalized spacial score (nSPS) is 24.0. The highest BCUT2D eigenvalue weighted by molar-refractivity contribution is 5.21. The highest BCUT2D eigenvalue weighted by atomic mass is 16.6. The predicted molar refractivity (Wildman–Crippen MR) is 318 cm³/mol. The Morgan fingerprint density at radius 1 is 0.229 bits per heavy atom. The van der Waals surface area contributed by atoms with Gasteiger partial charge in [0.05, 0.1) is 59.5 Å². The molecule has 10 rings (SSSR count). The van der Waals surface area contributed by atoms with E-state index in [0.717, 1.165) is 44.5 Å². The lowest BCUT2D eigenvalue weighted by atomic mass is 9.83. The summed E-state index contributed by atoms with van der Waals surface area (Å²) < 4.78 is 58.0. The molecule has 12 atom stereocenters. The number of hydrogen-bond acceptors (Lipinski definition) is 12. The van der Waals surface area contributed by atoms with Gasteiger partial charge in [-0.05, 0) is 44.5 Å². The van der Waals surface area contributed by atoms with Gasteiger partial charge >= 0.3 is 0 Å². The highest BCUT2D eigenvalue weighted by Crippen LogP contribution is 2.36. The average Bonchev–Trinajstić information content (AvgIpc) is 3.71. The van der Waals surface area contributed by atoms with Crippen LogP contribution in [0.25, 0.3) is 0 Å². The van der Waals surface area contributed by atoms with Gasteiger partial charge in [-0.1, -0.05) is 249 Å². The third-order valence-electron chi connectivity index (χ3n) is 14.7. The maximum atomic E-state index is 11.9. The molecule has 12 heteroatoms. The second kappa shape index (κ2) is 32.8. The third kappa shape index (κ3) is 18.0. The molecule has 0 unspecified atom stereocenters. The molecular weight excluding hydrogens is 1040 g/mol. The number of ether oxygens (including phenoxy) is 9. The molecule has 8 aromatic rings. The van der Waals surface area contributed by atoms with Crippen LogP contribution < -0.4 is 0 Å². The summed E-state index contributed by atoms with van der Waals surface area (Å²) in [5.74, 6) is 0. The summed E-state index contributed by atoms with van der Waals surface area (Å²) in [6, 6.07) is 78.9.